The Morgan fingerprint density at radius 1 is 1.38 bits per heavy atom. The van der Waals surface area contributed by atoms with Crippen LogP contribution in [-0.4, -0.2) is 54.4 Å². The summed E-state index contributed by atoms with van der Waals surface area (Å²) in [6.07, 6.45) is 0. The van der Waals surface area contributed by atoms with E-state index in [2.05, 4.69) is 38.4 Å². The molecule has 1 N–H and O–H groups in total. The van der Waals surface area contributed by atoms with Gasteiger partial charge in [0.05, 0.1) is 17.4 Å². The number of piperazine rings is 1. The number of fused-ring (bicyclic) bond motifs is 3. The van der Waals surface area contributed by atoms with Crippen molar-refractivity contribution >= 4 is 11.5 Å². The molecule has 0 aliphatic carbocycles. The lowest BCUT2D eigenvalue weighted by Crippen LogP contribution is -2.56. The van der Waals surface area contributed by atoms with Gasteiger partial charge in [0.15, 0.2) is 5.82 Å². The first kappa shape index (κ1) is 9.84. The fraction of sp³-hybridized carbons (Fsp3) is 0.636. The van der Waals surface area contributed by atoms with Crippen molar-refractivity contribution in [3.8, 4) is 0 Å². The van der Waals surface area contributed by atoms with E-state index >= 15 is 0 Å². The third kappa shape index (κ3) is 1.51. The lowest BCUT2D eigenvalue weighted by atomic mass is 10.1. The van der Waals surface area contributed by atoms with Gasteiger partial charge in [0.2, 0.25) is 0 Å². The zero-order valence-corrected chi connectivity index (χ0v) is 9.77. The van der Waals surface area contributed by atoms with Crippen molar-refractivity contribution in [3.05, 3.63) is 11.8 Å². The molecule has 0 radical (unpaired) electrons. The first-order chi connectivity index (χ1) is 7.74. The molecule has 0 amide bonds. The van der Waals surface area contributed by atoms with Crippen LogP contribution >= 0.6 is 0 Å². The Labute approximate surface area is 95.5 Å². The summed E-state index contributed by atoms with van der Waals surface area (Å²) in [6.45, 7) is 6.29. The molecule has 1 atom stereocenters. The van der Waals surface area contributed by atoms with E-state index in [1.165, 1.54) is 5.69 Å². The van der Waals surface area contributed by atoms with Crippen molar-refractivity contribution in [2.45, 2.75) is 13.0 Å². The molecular weight excluding hydrogens is 202 g/mol. The fourth-order valence-electron chi connectivity index (χ4n) is 2.54. The summed E-state index contributed by atoms with van der Waals surface area (Å²) in [7, 11) is 2.18. The van der Waals surface area contributed by atoms with Crippen molar-refractivity contribution in [2.24, 2.45) is 0 Å². The summed E-state index contributed by atoms with van der Waals surface area (Å²) in [5, 5.41) is 11.7. The predicted octanol–water partition coefficient (Wildman–Crippen LogP) is 0.331. The molecule has 1 aromatic rings. The van der Waals surface area contributed by atoms with Crippen molar-refractivity contribution in [3.63, 3.8) is 0 Å². The van der Waals surface area contributed by atoms with Crippen LogP contribution in [0.4, 0.5) is 11.5 Å². The molecule has 0 bridgehead atoms. The predicted molar refractivity (Wildman–Crippen MR) is 63.9 cm³/mol. The van der Waals surface area contributed by atoms with E-state index in [0.29, 0.717) is 6.04 Å². The molecule has 3 rings (SSSR count). The van der Waals surface area contributed by atoms with Crippen LogP contribution < -0.4 is 10.2 Å². The third-order valence-electron chi connectivity index (χ3n) is 3.40. The van der Waals surface area contributed by atoms with Crippen LogP contribution in [0.5, 0.6) is 0 Å². The smallest absolute Gasteiger partial charge is 0.172 e. The average Bonchev–Trinajstić information content (AvgIpc) is 2.28. The number of hydrogen-bond donors (Lipinski definition) is 1. The molecule has 1 saturated heterocycles. The molecule has 2 aliphatic heterocycles. The van der Waals surface area contributed by atoms with E-state index < -0.39 is 0 Å². The van der Waals surface area contributed by atoms with Gasteiger partial charge in [0.1, 0.15) is 0 Å². The minimum Gasteiger partial charge on any atom is -0.365 e. The van der Waals surface area contributed by atoms with E-state index in [9.17, 15) is 0 Å². The SMILES string of the molecule is Cc1cc2c(nn1)NCC1CN(C)CCN21. The van der Waals surface area contributed by atoms with Crippen molar-refractivity contribution < 1.29 is 0 Å². The Kier molecular flexibility index (Phi) is 2.21. The molecule has 86 valence electrons. The number of nitrogens with one attached hydrogen (secondary N) is 1. The van der Waals surface area contributed by atoms with E-state index in [1.54, 1.807) is 0 Å². The van der Waals surface area contributed by atoms with Gasteiger partial charge in [0, 0.05) is 26.2 Å². The molecule has 0 spiro atoms. The largest absolute Gasteiger partial charge is 0.365 e. The molecule has 2 aliphatic rings. The maximum atomic E-state index is 4.21. The summed E-state index contributed by atoms with van der Waals surface area (Å²) in [5.74, 6) is 0.936. The van der Waals surface area contributed by atoms with E-state index in [1.807, 2.05) is 6.92 Å². The van der Waals surface area contributed by atoms with Gasteiger partial charge in [-0.3, -0.25) is 0 Å². The lowest BCUT2D eigenvalue weighted by Gasteiger charge is -2.44. The number of hydrogen-bond acceptors (Lipinski definition) is 5. The highest BCUT2D eigenvalue weighted by molar-refractivity contribution is 5.69. The van der Waals surface area contributed by atoms with Crippen molar-refractivity contribution in [2.75, 3.05) is 43.4 Å². The summed E-state index contributed by atoms with van der Waals surface area (Å²) < 4.78 is 0. The Bertz CT molecular complexity index is 405. The van der Waals surface area contributed by atoms with E-state index in [0.717, 1.165) is 37.7 Å². The summed E-state index contributed by atoms with van der Waals surface area (Å²) >= 11 is 0. The third-order valence-corrected chi connectivity index (χ3v) is 3.40. The number of aryl methyl sites for hydroxylation is 1. The number of nitrogens with zero attached hydrogens (tertiary/aromatic N) is 4. The van der Waals surface area contributed by atoms with E-state index in [4.69, 9.17) is 0 Å². The second-order valence-electron chi connectivity index (χ2n) is 4.71. The molecule has 5 nitrogen and oxygen atoms in total. The molecule has 1 aromatic heterocycles. The first-order valence-electron chi connectivity index (χ1n) is 5.77. The summed E-state index contributed by atoms with van der Waals surface area (Å²) in [6, 6.07) is 2.70. The summed E-state index contributed by atoms with van der Waals surface area (Å²) in [5.41, 5.74) is 2.21. The Hall–Kier alpha value is -1.36. The highest BCUT2D eigenvalue weighted by Gasteiger charge is 2.31. The van der Waals surface area contributed by atoms with Crippen molar-refractivity contribution in [1.29, 1.82) is 0 Å². The van der Waals surface area contributed by atoms with Crippen LogP contribution in [0.15, 0.2) is 6.07 Å². The lowest BCUT2D eigenvalue weighted by molar-refractivity contribution is 0.269. The average molecular weight is 219 g/mol. The number of anilines is 2. The minimum absolute atomic E-state index is 0.565. The Morgan fingerprint density at radius 3 is 3.12 bits per heavy atom. The van der Waals surface area contributed by atoms with Crippen LogP contribution in [0.2, 0.25) is 0 Å². The maximum absolute atomic E-state index is 4.21. The number of aromatic nitrogens is 2. The normalized spacial score (nSPS) is 24.6. The zero-order valence-electron chi connectivity index (χ0n) is 9.77. The maximum Gasteiger partial charge on any atom is 0.172 e. The van der Waals surface area contributed by atoms with Gasteiger partial charge in [-0.05, 0) is 20.0 Å². The van der Waals surface area contributed by atoms with Crippen LogP contribution in [-0.2, 0) is 0 Å². The van der Waals surface area contributed by atoms with Crippen LogP contribution in [0.1, 0.15) is 5.69 Å². The number of rotatable bonds is 0. The van der Waals surface area contributed by atoms with Gasteiger partial charge in [0.25, 0.3) is 0 Å². The molecule has 0 aromatic carbocycles. The van der Waals surface area contributed by atoms with Gasteiger partial charge in [-0.2, -0.15) is 5.10 Å². The molecule has 16 heavy (non-hydrogen) atoms. The minimum atomic E-state index is 0.565. The highest BCUT2D eigenvalue weighted by atomic mass is 15.3. The quantitative estimate of drug-likeness (QED) is 0.681. The topological polar surface area (TPSA) is 44.3 Å². The Balaban J connectivity index is 1.96. The van der Waals surface area contributed by atoms with Gasteiger partial charge in [-0.25, -0.2) is 0 Å². The molecular formula is C11H17N5. The van der Waals surface area contributed by atoms with Gasteiger partial charge in [-0.1, -0.05) is 0 Å². The first-order valence-corrected chi connectivity index (χ1v) is 5.77. The van der Waals surface area contributed by atoms with Gasteiger partial charge < -0.3 is 15.1 Å². The molecule has 3 heterocycles. The molecule has 0 saturated carbocycles. The molecule has 5 heteroatoms. The molecule has 1 unspecified atom stereocenters. The monoisotopic (exact) mass is 219 g/mol. The highest BCUT2D eigenvalue weighted by Crippen LogP contribution is 2.30. The van der Waals surface area contributed by atoms with Gasteiger partial charge in [-0.15, -0.1) is 5.10 Å². The second-order valence-corrected chi connectivity index (χ2v) is 4.71. The van der Waals surface area contributed by atoms with Crippen molar-refractivity contribution in [1.82, 2.24) is 15.1 Å². The summed E-state index contributed by atoms with van der Waals surface area (Å²) in [4.78, 5) is 4.85. The number of likely N-dealkylation sites (N-methyl/N-ethyl adjacent to an activating group) is 1. The van der Waals surface area contributed by atoms with Crippen LogP contribution in [0, 0.1) is 6.92 Å². The second kappa shape index (κ2) is 3.59. The fourth-order valence-corrected chi connectivity index (χ4v) is 2.54. The van der Waals surface area contributed by atoms with Gasteiger partial charge >= 0.3 is 0 Å². The van der Waals surface area contributed by atoms with Crippen LogP contribution in [0.25, 0.3) is 0 Å². The van der Waals surface area contributed by atoms with E-state index in [-0.39, 0.29) is 0 Å². The Morgan fingerprint density at radius 2 is 2.25 bits per heavy atom. The zero-order chi connectivity index (χ0) is 11.1. The standard InChI is InChI=1S/C11H17N5/c1-8-5-10-11(14-13-8)12-6-9-7-15(2)3-4-16(9)10/h5,9H,3-4,6-7H2,1-2H3,(H,12,14). The molecule has 1 fully saturated rings. The van der Waals surface area contributed by atoms with Crippen LogP contribution in [0.3, 0.4) is 0 Å².